The average molecular weight is 387 g/mol. The summed E-state index contributed by atoms with van der Waals surface area (Å²) in [6, 6.07) is 17.4. The van der Waals surface area contributed by atoms with Crippen LogP contribution in [0.4, 0.5) is 0 Å². The van der Waals surface area contributed by atoms with Crippen LogP contribution in [0.1, 0.15) is 17.0 Å². The molecule has 6 heteroatoms. The van der Waals surface area contributed by atoms with E-state index in [4.69, 9.17) is 4.74 Å². The fourth-order valence-electron chi connectivity index (χ4n) is 2.68. The Morgan fingerprint density at radius 1 is 1.07 bits per heavy atom. The Labute approximate surface area is 165 Å². The van der Waals surface area contributed by atoms with Crippen molar-refractivity contribution in [1.29, 1.82) is 0 Å². The predicted molar refractivity (Wildman–Crippen MR) is 113 cm³/mol. The zero-order chi connectivity index (χ0) is 19.3. The van der Waals surface area contributed by atoms with Gasteiger partial charge in [-0.3, -0.25) is 4.79 Å². The molecule has 4 rings (SSSR count). The highest BCUT2D eigenvalue weighted by molar-refractivity contribution is 7.15. The Balaban J connectivity index is 1.67. The second-order valence-electron chi connectivity index (χ2n) is 5.96. The quantitative estimate of drug-likeness (QED) is 0.476. The summed E-state index contributed by atoms with van der Waals surface area (Å²) >= 11 is 1.31. The molecule has 0 bridgehead atoms. The fourth-order valence-corrected chi connectivity index (χ4v) is 3.58. The van der Waals surface area contributed by atoms with Crippen molar-refractivity contribution in [2.75, 3.05) is 6.61 Å². The maximum Gasteiger partial charge on any atom is 0.291 e. The Kier molecular flexibility index (Phi) is 5.12. The molecule has 0 aliphatic heterocycles. The van der Waals surface area contributed by atoms with Crippen LogP contribution in [-0.4, -0.2) is 21.2 Å². The van der Waals surface area contributed by atoms with Gasteiger partial charge in [-0.2, -0.15) is 9.50 Å². The van der Waals surface area contributed by atoms with Crippen LogP contribution in [0.5, 0.6) is 5.75 Å². The van der Waals surface area contributed by atoms with Gasteiger partial charge in [-0.05, 0) is 23.8 Å². The molecule has 0 saturated carbocycles. The Morgan fingerprint density at radius 2 is 1.86 bits per heavy atom. The van der Waals surface area contributed by atoms with Crippen molar-refractivity contribution in [3.8, 4) is 5.75 Å². The number of benzene rings is 2. The van der Waals surface area contributed by atoms with Crippen molar-refractivity contribution in [3.05, 3.63) is 99.1 Å². The van der Waals surface area contributed by atoms with Crippen LogP contribution in [0, 0.1) is 0 Å². The molecular weight excluding hydrogens is 370 g/mol. The molecule has 0 amide bonds. The highest BCUT2D eigenvalue weighted by Crippen LogP contribution is 2.18. The van der Waals surface area contributed by atoms with Crippen molar-refractivity contribution >= 4 is 34.5 Å². The minimum atomic E-state index is -0.189. The van der Waals surface area contributed by atoms with E-state index < -0.39 is 0 Å². The lowest BCUT2D eigenvalue weighted by atomic mass is 10.2. The maximum absolute atomic E-state index is 12.7. The lowest BCUT2D eigenvalue weighted by Gasteiger charge is -2.05. The molecule has 4 aromatic rings. The third-order valence-electron chi connectivity index (χ3n) is 3.98. The number of ether oxygens (including phenoxy) is 1. The van der Waals surface area contributed by atoms with Crippen molar-refractivity contribution in [1.82, 2.24) is 14.6 Å². The zero-order valence-corrected chi connectivity index (χ0v) is 15.8. The third-order valence-corrected chi connectivity index (χ3v) is 4.94. The molecule has 5 nitrogen and oxygen atoms in total. The molecule has 0 fully saturated rings. The van der Waals surface area contributed by atoms with E-state index in [0.29, 0.717) is 27.7 Å². The van der Waals surface area contributed by atoms with E-state index >= 15 is 0 Å². The van der Waals surface area contributed by atoms with Gasteiger partial charge in [-0.15, -0.1) is 5.10 Å². The topological polar surface area (TPSA) is 56.5 Å². The first kappa shape index (κ1) is 17.9. The van der Waals surface area contributed by atoms with Gasteiger partial charge in [-0.25, -0.2) is 0 Å². The molecule has 0 radical (unpaired) electrons. The van der Waals surface area contributed by atoms with Crippen molar-refractivity contribution in [2.45, 2.75) is 0 Å². The van der Waals surface area contributed by atoms with E-state index in [9.17, 15) is 4.79 Å². The minimum Gasteiger partial charge on any atom is -0.489 e. The summed E-state index contributed by atoms with van der Waals surface area (Å²) in [6.07, 6.45) is 7.21. The van der Waals surface area contributed by atoms with E-state index in [2.05, 4.69) is 16.7 Å². The molecule has 0 unspecified atom stereocenters. The lowest BCUT2D eigenvalue weighted by molar-refractivity contribution is 0.362. The Morgan fingerprint density at radius 3 is 2.64 bits per heavy atom. The van der Waals surface area contributed by atoms with Crippen LogP contribution >= 0.6 is 11.3 Å². The smallest absolute Gasteiger partial charge is 0.291 e. The van der Waals surface area contributed by atoms with Gasteiger partial charge < -0.3 is 4.74 Å². The van der Waals surface area contributed by atoms with E-state index in [1.165, 1.54) is 15.9 Å². The number of nitrogens with zero attached hydrogens (tertiary/aromatic N) is 3. The largest absolute Gasteiger partial charge is 0.489 e. The van der Waals surface area contributed by atoms with Crippen LogP contribution in [0.15, 0.2) is 72.0 Å². The van der Waals surface area contributed by atoms with E-state index in [1.54, 1.807) is 18.2 Å². The first-order chi connectivity index (χ1) is 13.7. The van der Waals surface area contributed by atoms with Crippen LogP contribution in [-0.2, 0) is 0 Å². The molecule has 0 saturated heterocycles. The monoisotopic (exact) mass is 387 g/mol. The Hall–Kier alpha value is -3.51. The molecular formula is C22H17N3O2S. The first-order valence-corrected chi connectivity index (χ1v) is 9.53. The normalized spacial score (nSPS) is 12.1. The molecule has 0 aliphatic carbocycles. The summed E-state index contributed by atoms with van der Waals surface area (Å²) in [5, 5.41) is 4.31. The number of para-hydroxylation sites is 1. The number of thiazole rings is 1. The number of hydrogen-bond acceptors (Lipinski definition) is 5. The van der Waals surface area contributed by atoms with Gasteiger partial charge in [0, 0.05) is 5.56 Å². The summed E-state index contributed by atoms with van der Waals surface area (Å²) in [6.45, 7) is 4.06. The number of rotatable bonds is 6. The Bertz CT molecular complexity index is 1260. The summed E-state index contributed by atoms with van der Waals surface area (Å²) in [7, 11) is 0. The van der Waals surface area contributed by atoms with Gasteiger partial charge in [0.15, 0.2) is 5.82 Å². The summed E-state index contributed by atoms with van der Waals surface area (Å²) in [5.41, 5.74) is 1.69. The zero-order valence-electron chi connectivity index (χ0n) is 15.0. The van der Waals surface area contributed by atoms with Gasteiger partial charge in [0.1, 0.15) is 12.4 Å². The first-order valence-electron chi connectivity index (χ1n) is 8.72. The van der Waals surface area contributed by atoms with Crippen molar-refractivity contribution in [3.63, 3.8) is 0 Å². The second-order valence-corrected chi connectivity index (χ2v) is 6.97. The van der Waals surface area contributed by atoms with Crippen molar-refractivity contribution in [2.24, 2.45) is 0 Å². The molecule has 28 heavy (non-hydrogen) atoms. The highest BCUT2D eigenvalue weighted by atomic mass is 32.1. The average Bonchev–Trinajstić information content (AvgIpc) is 3.25. The van der Waals surface area contributed by atoms with E-state index in [-0.39, 0.29) is 5.56 Å². The molecule has 138 valence electrons. The van der Waals surface area contributed by atoms with Crippen LogP contribution in [0.25, 0.3) is 23.2 Å². The summed E-state index contributed by atoms with van der Waals surface area (Å²) in [5.74, 6) is 1.21. The van der Waals surface area contributed by atoms with Gasteiger partial charge in [-0.1, -0.05) is 78.6 Å². The summed E-state index contributed by atoms with van der Waals surface area (Å²) in [4.78, 5) is 17.7. The van der Waals surface area contributed by atoms with Crippen LogP contribution in [0.3, 0.4) is 0 Å². The van der Waals surface area contributed by atoms with Gasteiger partial charge in [0.05, 0.1) is 4.53 Å². The fraction of sp³-hybridized carbons (Fsp3) is 0.0455. The molecule has 2 aromatic heterocycles. The van der Waals surface area contributed by atoms with E-state index in [1.807, 2.05) is 60.7 Å². The molecule has 2 aromatic carbocycles. The summed E-state index contributed by atoms with van der Waals surface area (Å²) < 4.78 is 7.55. The molecule has 0 atom stereocenters. The second kappa shape index (κ2) is 8.02. The maximum atomic E-state index is 12.7. The van der Waals surface area contributed by atoms with Crippen molar-refractivity contribution < 1.29 is 4.74 Å². The predicted octanol–water partition coefficient (Wildman–Crippen LogP) is 3.43. The van der Waals surface area contributed by atoms with Gasteiger partial charge in [0.2, 0.25) is 4.96 Å². The van der Waals surface area contributed by atoms with E-state index in [0.717, 1.165) is 11.1 Å². The van der Waals surface area contributed by atoms with Gasteiger partial charge in [0.25, 0.3) is 5.56 Å². The number of aromatic nitrogens is 3. The highest BCUT2D eigenvalue weighted by Gasteiger charge is 2.09. The van der Waals surface area contributed by atoms with Gasteiger partial charge >= 0.3 is 0 Å². The van der Waals surface area contributed by atoms with Crippen LogP contribution in [0.2, 0.25) is 0 Å². The molecule has 0 aliphatic rings. The minimum absolute atomic E-state index is 0.189. The lowest BCUT2D eigenvalue weighted by Crippen LogP contribution is -2.23. The SMILES string of the molecule is C=CCOc1ccccc1/C=c1\sc2nc(/C=C/c3ccccc3)nn2c1=O. The standard InChI is InChI=1S/C22H17N3O2S/c1-2-14-27-18-11-7-6-10-17(18)15-19-21(26)25-22(28-19)23-20(24-25)13-12-16-8-4-3-5-9-16/h2-13,15H,1,14H2/b13-12+,19-15-. The van der Waals surface area contributed by atoms with Crippen LogP contribution < -0.4 is 14.8 Å². The number of fused-ring (bicyclic) bond motifs is 1. The number of hydrogen-bond donors (Lipinski definition) is 0. The molecule has 2 heterocycles. The molecule has 0 spiro atoms. The third kappa shape index (κ3) is 3.77. The molecule has 0 N–H and O–H groups in total.